The minimum atomic E-state index is 0.326. The van der Waals surface area contributed by atoms with Gasteiger partial charge in [-0.2, -0.15) is 0 Å². The zero-order valence-corrected chi connectivity index (χ0v) is 17.3. The van der Waals surface area contributed by atoms with Gasteiger partial charge in [0.2, 0.25) is 0 Å². The van der Waals surface area contributed by atoms with Crippen LogP contribution in [0.2, 0.25) is 0 Å². The SMILES string of the molecule is C=CC1(C)CCC(CC(C)CC)CC(C)CC(C)(C)C(CC)C1. The molecule has 136 valence electrons. The monoisotopic (exact) mass is 320 g/mol. The first-order valence-electron chi connectivity index (χ1n) is 10.3. The Morgan fingerprint density at radius 2 is 1.83 bits per heavy atom. The van der Waals surface area contributed by atoms with Crippen molar-refractivity contribution in [1.82, 2.24) is 0 Å². The van der Waals surface area contributed by atoms with E-state index in [0.717, 1.165) is 23.7 Å². The summed E-state index contributed by atoms with van der Waals surface area (Å²) >= 11 is 0. The lowest BCUT2D eigenvalue weighted by Crippen LogP contribution is -2.33. The highest BCUT2D eigenvalue weighted by molar-refractivity contribution is 4.96. The molecule has 5 atom stereocenters. The van der Waals surface area contributed by atoms with Gasteiger partial charge in [-0.15, -0.1) is 6.58 Å². The summed E-state index contributed by atoms with van der Waals surface area (Å²) in [4.78, 5) is 0. The Morgan fingerprint density at radius 1 is 1.17 bits per heavy atom. The van der Waals surface area contributed by atoms with Gasteiger partial charge in [0.05, 0.1) is 0 Å². The molecule has 0 saturated heterocycles. The molecule has 1 saturated carbocycles. The summed E-state index contributed by atoms with van der Waals surface area (Å²) in [6.07, 6.45) is 13.2. The molecule has 23 heavy (non-hydrogen) atoms. The van der Waals surface area contributed by atoms with Gasteiger partial charge < -0.3 is 0 Å². The third-order valence-corrected chi connectivity index (χ3v) is 6.97. The predicted molar refractivity (Wildman–Crippen MR) is 106 cm³/mol. The van der Waals surface area contributed by atoms with Crippen molar-refractivity contribution in [2.75, 3.05) is 0 Å². The van der Waals surface area contributed by atoms with Crippen LogP contribution in [0.3, 0.4) is 0 Å². The van der Waals surface area contributed by atoms with Gasteiger partial charge in [0.1, 0.15) is 0 Å². The lowest BCUT2D eigenvalue weighted by atomic mass is 9.62. The highest BCUT2D eigenvalue weighted by atomic mass is 14.4. The van der Waals surface area contributed by atoms with Gasteiger partial charge >= 0.3 is 0 Å². The Kier molecular flexibility index (Phi) is 7.88. The largest absolute Gasteiger partial charge is 0.103 e. The van der Waals surface area contributed by atoms with Crippen molar-refractivity contribution in [2.24, 2.45) is 34.5 Å². The second-order valence-corrected chi connectivity index (χ2v) is 9.85. The van der Waals surface area contributed by atoms with Crippen molar-refractivity contribution < 1.29 is 0 Å². The van der Waals surface area contributed by atoms with Crippen molar-refractivity contribution in [3.8, 4) is 0 Å². The quantitative estimate of drug-likeness (QED) is 0.452. The molecule has 0 aromatic rings. The maximum absolute atomic E-state index is 4.22. The second kappa shape index (κ2) is 8.72. The molecule has 0 heterocycles. The molecular weight excluding hydrogens is 276 g/mol. The van der Waals surface area contributed by atoms with E-state index in [1.54, 1.807) is 0 Å². The summed E-state index contributed by atoms with van der Waals surface area (Å²) in [6.45, 7) is 21.4. The standard InChI is InChI=1S/C23H44/c1-9-18(4)14-20-12-13-23(8,11-3)17-21(10-2)22(6,7)16-19(5)15-20/h11,18-21H,3,9-10,12-17H2,1-2,4-8H3. The predicted octanol–water partition coefficient (Wildman–Crippen LogP) is 7.88. The molecule has 0 heteroatoms. The van der Waals surface area contributed by atoms with Crippen LogP contribution >= 0.6 is 0 Å². The first-order chi connectivity index (χ1) is 10.7. The van der Waals surface area contributed by atoms with Gasteiger partial charge in [0.15, 0.2) is 0 Å². The van der Waals surface area contributed by atoms with Crippen LogP contribution in [0.1, 0.15) is 99.8 Å². The van der Waals surface area contributed by atoms with Crippen LogP contribution in [-0.2, 0) is 0 Å². The lowest BCUT2D eigenvalue weighted by molar-refractivity contribution is 0.0897. The third-order valence-electron chi connectivity index (χ3n) is 6.97. The lowest BCUT2D eigenvalue weighted by Gasteiger charge is -2.43. The molecule has 1 aliphatic rings. The molecule has 5 unspecified atom stereocenters. The summed E-state index contributed by atoms with van der Waals surface area (Å²) in [6, 6.07) is 0. The Balaban J connectivity index is 2.97. The van der Waals surface area contributed by atoms with Crippen molar-refractivity contribution in [1.29, 1.82) is 0 Å². The topological polar surface area (TPSA) is 0 Å². The molecule has 0 bridgehead atoms. The Hall–Kier alpha value is -0.260. The van der Waals surface area contributed by atoms with Crippen molar-refractivity contribution in [3.63, 3.8) is 0 Å². The number of rotatable bonds is 5. The van der Waals surface area contributed by atoms with Gasteiger partial charge in [-0.25, -0.2) is 0 Å². The molecule has 0 radical (unpaired) electrons. The third kappa shape index (κ3) is 6.28. The maximum Gasteiger partial charge on any atom is -0.0146 e. The van der Waals surface area contributed by atoms with E-state index in [2.05, 4.69) is 61.1 Å². The fourth-order valence-electron chi connectivity index (χ4n) is 5.14. The van der Waals surface area contributed by atoms with Crippen molar-refractivity contribution >= 4 is 0 Å². The summed E-state index contributed by atoms with van der Waals surface area (Å²) in [5.74, 6) is 3.47. The molecule has 0 amide bonds. The summed E-state index contributed by atoms with van der Waals surface area (Å²) < 4.78 is 0. The Bertz CT molecular complexity index is 353. The molecule has 0 aromatic carbocycles. The van der Waals surface area contributed by atoms with E-state index in [0.29, 0.717) is 10.8 Å². The molecule has 0 aliphatic heterocycles. The average molecular weight is 321 g/mol. The van der Waals surface area contributed by atoms with E-state index in [4.69, 9.17) is 0 Å². The molecule has 1 aliphatic carbocycles. The van der Waals surface area contributed by atoms with Crippen LogP contribution in [0.25, 0.3) is 0 Å². The highest BCUT2D eigenvalue weighted by Gasteiger charge is 2.36. The minimum Gasteiger partial charge on any atom is -0.103 e. The average Bonchev–Trinajstić information content (AvgIpc) is 2.48. The van der Waals surface area contributed by atoms with E-state index in [1.165, 1.54) is 51.4 Å². The number of allylic oxidation sites excluding steroid dienone is 1. The van der Waals surface area contributed by atoms with Gasteiger partial charge in [0.25, 0.3) is 0 Å². The van der Waals surface area contributed by atoms with Crippen LogP contribution in [0.4, 0.5) is 0 Å². The Labute approximate surface area is 147 Å². The van der Waals surface area contributed by atoms with Crippen molar-refractivity contribution in [2.45, 2.75) is 99.8 Å². The molecule has 1 rings (SSSR count). The number of hydrogen-bond donors (Lipinski definition) is 0. The Morgan fingerprint density at radius 3 is 2.35 bits per heavy atom. The molecule has 0 spiro atoms. The first-order valence-corrected chi connectivity index (χ1v) is 10.3. The first kappa shape index (κ1) is 20.8. The zero-order valence-electron chi connectivity index (χ0n) is 17.3. The summed E-state index contributed by atoms with van der Waals surface area (Å²) in [5.41, 5.74) is 0.781. The van der Waals surface area contributed by atoms with Crippen molar-refractivity contribution in [3.05, 3.63) is 12.7 Å². The summed E-state index contributed by atoms with van der Waals surface area (Å²) in [7, 11) is 0. The molecular formula is C23H44. The van der Waals surface area contributed by atoms with Gasteiger partial charge in [-0.05, 0) is 73.0 Å². The van der Waals surface area contributed by atoms with E-state index in [9.17, 15) is 0 Å². The van der Waals surface area contributed by atoms with Crippen LogP contribution < -0.4 is 0 Å². The van der Waals surface area contributed by atoms with Crippen LogP contribution in [0, 0.1) is 34.5 Å². The van der Waals surface area contributed by atoms with Gasteiger partial charge in [-0.3, -0.25) is 0 Å². The fourth-order valence-corrected chi connectivity index (χ4v) is 5.14. The van der Waals surface area contributed by atoms with E-state index in [1.807, 2.05) is 0 Å². The second-order valence-electron chi connectivity index (χ2n) is 9.85. The van der Waals surface area contributed by atoms with E-state index in [-0.39, 0.29) is 0 Å². The maximum atomic E-state index is 4.22. The molecule has 0 N–H and O–H groups in total. The minimum absolute atomic E-state index is 0.326. The van der Waals surface area contributed by atoms with Crippen LogP contribution in [-0.4, -0.2) is 0 Å². The zero-order chi connectivity index (χ0) is 17.7. The smallest absolute Gasteiger partial charge is 0.0146 e. The highest BCUT2D eigenvalue weighted by Crippen LogP contribution is 2.47. The van der Waals surface area contributed by atoms with Gasteiger partial charge in [-0.1, -0.05) is 67.4 Å². The normalized spacial score (nSPS) is 37.1. The fraction of sp³-hybridized carbons (Fsp3) is 0.913. The van der Waals surface area contributed by atoms with E-state index < -0.39 is 0 Å². The van der Waals surface area contributed by atoms with Gasteiger partial charge in [0, 0.05) is 0 Å². The van der Waals surface area contributed by atoms with E-state index >= 15 is 0 Å². The van der Waals surface area contributed by atoms with Crippen LogP contribution in [0.5, 0.6) is 0 Å². The molecule has 1 fully saturated rings. The van der Waals surface area contributed by atoms with Crippen LogP contribution in [0.15, 0.2) is 12.7 Å². The number of hydrogen-bond acceptors (Lipinski definition) is 0. The summed E-state index contributed by atoms with van der Waals surface area (Å²) in [5, 5.41) is 0. The molecule has 0 nitrogen and oxygen atoms in total. The molecule has 0 aromatic heterocycles.